The van der Waals surface area contributed by atoms with Crippen molar-refractivity contribution in [3.63, 3.8) is 0 Å². The van der Waals surface area contributed by atoms with Gasteiger partial charge in [-0.05, 0) is 25.8 Å². The van der Waals surface area contributed by atoms with Crippen molar-refractivity contribution in [2.45, 2.75) is 34.2 Å². The molecule has 0 aliphatic rings. The summed E-state index contributed by atoms with van der Waals surface area (Å²) < 4.78 is 1.83. The predicted octanol–water partition coefficient (Wildman–Crippen LogP) is 1.51. The lowest BCUT2D eigenvalue weighted by molar-refractivity contribution is 0.312. The van der Waals surface area contributed by atoms with E-state index in [0.29, 0.717) is 13.1 Å². The van der Waals surface area contributed by atoms with Crippen LogP contribution in [0.3, 0.4) is 0 Å². The second kappa shape index (κ2) is 3.87. The van der Waals surface area contributed by atoms with Gasteiger partial charge in [0.2, 0.25) is 0 Å². The van der Waals surface area contributed by atoms with Gasteiger partial charge in [-0.25, -0.2) is 0 Å². The van der Waals surface area contributed by atoms with E-state index in [-0.39, 0.29) is 10.3 Å². The zero-order valence-electron chi connectivity index (χ0n) is 9.26. The standard InChI is InChI=1S/C10H18N2OS/c1-7-8(2)14-9(13)12(7)6-10(3,4)5-11/h5-6,11H2,1-4H3. The van der Waals surface area contributed by atoms with Crippen LogP contribution in [0.4, 0.5) is 0 Å². The van der Waals surface area contributed by atoms with Crippen LogP contribution < -0.4 is 10.6 Å². The van der Waals surface area contributed by atoms with Crippen LogP contribution in [-0.4, -0.2) is 11.1 Å². The minimum absolute atomic E-state index is 0.0118. The van der Waals surface area contributed by atoms with Crippen molar-refractivity contribution in [1.29, 1.82) is 0 Å². The maximum Gasteiger partial charge on any atom is 0.307 e. The molecule has 0 saturated heterocycles. The minimum Gasteiger partial charge on any atom is -0.330 e. The molecule has 2 N–H and O–H groups in total. The van der Waals surface area contributed by atoms with Crippen molar-refractivity contribution in [3.05, 3.63) is 20.2 Å². The Morgan fingerprint density at radius 1 is 1.43 bits per heavy atom. The second-order valence-electron chi connectivity index (χ2n) is 4.46. The van der Waals surface area contributed by atoms with E-state index in [9.17, 15) is 4.79 Å². The predicted molar refractivity (Wildman–Crippen MR) is 60.9 cm³/mol. The Hall–Kier alpha value is -0.610. The number of rotatable bonds is 3. The summed E-state index contributed by atoms with van der Waals surface area (Å²) in [5, 5.41) is 0. The molecule has 0 radical (unpaired) electrons. The van der Waals surface area contributed by atoms with Gasteiger partial charge < -0.3 is 10.3 Å². The van der Waals surface area contributed by atoms with Crippen molar-refractivity contribution >= 4 is 11.3 Å². The molecule has 80 valence electrons. The van der Waals surface area contributed by atoms with Gasteiger partial charge in [-0.2, -0.15) is 0 Å². The zero-order chi connectivity index (χ0) is 10.9. The van der Waals surface area contributed by atoms with E-state index in [1.165, 1.54) is 11.3 Å². The highest BCUT2D eigenvalue weighted by Crippen LogP contribution is 2.18. The molecule has 0 bridgehead atoms. The summed E-state index contributed by atoms with van der Waals surface area (Å²) in [6.07, 6.45) is 0. The molecule has 0 aliphatic carbocycles. The van der Waals surface area contributed by atoms with Gasteiger partial charge in [-0.15, -0.1) is 0 Å². The summed E-state index contributed by atoms with van der Waals surface area (Å²) in [7, 11) is 0. The summed E-state index contributed by atoms with van der Waals surface area (Å²) in [6.45, 7) is 9.41. The molecule has 3 nitrogen and oxygen atoms in total. The van der Waals surface area contributed by atoms with Crippen LogP contribution in [0.2, 0.25) is 0 Å². The van der Waals surface area contributed by atoms with E-state index in [4.69, 9.17) is 5.73 Å². The van der Waals surface area contributed by atoms with Crippen LogP contribution in [0.15, 0.2) is 4.79 Å². The molecular formula is C10H18N2OS. The molecule has 4 heteroatoms. The lowest BCUT2D eigenvalue weighted by Crippen LogP contribution is -2.32. The normalized spacial score (nSPS) is 12.1. The molecule has 0 spiro atoms. The Kier molecular flexibility index (Phi) is 3.17. The van der Waals surface area contributed by atoms with Crippen LogP contribution in [-0.2, 0) is 6.54 Å². The van der Waals surface area contributed by atoms with Crippen LogP contribution in [0.1, 0.15) is 24.4 Å². The van der Waals surface area contributed by atoms with Gasteiger partial charge in [0.1, 0.15) is 0 Å². The monoisotopic (exact) mass is 214 g/mol. The van der Waals surface area contributed by atoms with Crippen molar-refractivity contribution in [1.82, 2.24) is 4.57 Å². The van der Waals surface area contributed by atoms with Crippen molar-refractivity contribution in [3.8, 4) is 0 Å². The largest absolute Gasteiger partial charge is 0.330 e. The number of nitrogens with two attached hydrogens (primary N) is 1. The zero-order valence-corrected chi connectivity index (χ0v) is 10.1. The summed E-state index contributed by atoms with van der Waals surface area (Å²) in [5.41, 5.74) is 6.71. The first-order valence-corrected chi connectivity index (χ1v) is 5.56. The third-order valence-electron chi connectivity index (χ3n) is 2.51. The highest BCUT2D eigenvalue weighted by molar-refractivity contribution is 7.09. The molecule has 14 heavy (non-hydrogen) atoms. The van der Waals surface area contributed by atoms with E-state index in [1.807, 2.05) is 18.4 Å². The van der Waals surface area contributed by atoms with Gasteiger partial charge in [0.25, 0.3) is 0 Å². The first-order valence-electron chi connectivity index (χ1n) is 4.74. The number of thiazole rings is 1. The lowest BCUT2D eigenvalue weighted by Gasteiger charge is -2.23. The topological polar surface area (TPSA) is 48.0 Å². The van der Waals surface area contributed by atoms with Crippen LogP contribution in [0.5, 0.6) is 0 Å². The quantitative estimate of drug-likeness (QED) is 0.829. The number of nitrogens with zero attached hydrogens (tertiary/aromatic N) is 1. The molecular weight excluding hydrogens is 196 g/mol. The maximum atomic E-state index is 11.6. The summed E-state index contributed by atoms with van der Waals surface area (Å²) in [6, 6.07) is 0. The van der Waals surface area contributed by atoms with E-state index in [2.05, 4.69) is 13.8 Å². The van der Waals surface area contributed by atoms with E-state index in [1.54, 1.807) is 0 Å². The van der Waals surface area contributed by atoms with Gasteiger partial charge in [-0.3, -0.25) is 4.79 Å². The Morgan fingerprint density at radius 2 is 2.00 bits per heavy atom. The average molecular weight is 214 g/mol. The fourth-order valence-electron chi connectivity index (χ4n) is 1.26. The third kappa shape index (κ3) is 2.25. The van der Waals surface area contributed by atoms with Crippen LogP contribution in [0, 0.1) is 19.3 Å². The minimum atomic E-state index is -0.0118. The van der Waals surface area contributed by atoms with Gasteiger partial charge in [0, 0.05) is 17.1 Å². The van der Waals surface area contributed by atoms with Crippen molar-refractivity contribution < 1.29 is 0 Å². The Bertz CT molecular complexity index is 376. The molecule has 1 aromatic heterocycles. The molecule has 0 amide bonds. The summed E-state index contributed by atoms with van der Waals surface area (Å²) in [5.74, 6) is 0. The maximum absolute atomic E-state index is 11.6. The van der Waals surface area contributed by atoms with Gasteiger partial charge >= 0.3 is 4.87 Å². The average Bonchev–Trinajstić information content (AvgIpc) is 2.32. The van der Waals surface area contributed by atoms with Crippen molar-refractivity contribution in [2.24, 2.45) is 11.1 Å². The smallest absolute Gasteiger partial charge is 0.307 e. The summed E-state index contributed by atoms with van der Waals surface area (Å²) in [4.78, 5) is 12.8. The molecule has 0 aromatic carbocycles. The molecule has 1 heterocycles. The number of aromatic nitrogens is 1. The van der Waals surface area contributed by atoms with Crippen LogP contribution in [0.25, 0.3) is 0 Å². The van der Waals surface area contributed by atoms with Gasteiger partial charge in [0.15, 0.2) is 0 Å². The van der Waals surface area contributed by atoms with Crippen molar-refractivity contribution in [2.75, 3.05) is 6.54 Å². The van der Waals surface area contributed by atoms with E-state index < -0.39 is 0 Å². The van der Waals surface area contributed by atoms with E-state index in [0.717, 1.165) is 10.6 Å². The molecule has 0 atom stereocenters. The fourth-order valence-corrected chi connectivity index (χ4v) is 2.09. The van der Waals surface area contributed by atoms with Gasteiger partial charge in [0.05, 0.1) is 0 Å². The fraction of sp³-hybridized carbons (Fsp3) is 0.700. The first-order chi connectivity index (χ1) is 6.37. The molecule has 0 unspecified atom stereocenters. The molecule has 0 aliphatic heterocycles. The molecule has 0 fully saturated rings. The number of hydrogen-bond donors (Lipinski definition) is 1. The number of aryl methyl sites for hydroxylation is 1. The summed E-state index contributed by atoms with van der Waals surface area (Å²) >= 11 is 1.31. The highest BCUT2D eigenvalue weighted by Gasteiger charge is 2.19. The lowest BCUT2D eigenvalue weighted by atomic mass is 9.94. The second-order valence-corrected chi connectivity index (χ2v) is 5.63. The Morgan fingerprint density at radius 3 is 2.36 bits per heavy atom. The Balaban J connectivity index is 3.03. The van der Waals surface area contributed by atoms with E-state index >= 15 is 0 Å². The first kappa shape index (κ1) is 11.5. The molecule has 1 rings (SSSR count). The highest BCUT2D eigenvalue weighted by atomic mass is 32.1. The van der Waals surface area contributed by atoms with Gasteiger partial charge in [-0.1, -0.05) is 25.2 Å². The Labute approximate surface area is 88.6 Å². The SMILES string of the molecule is Cc1sc(=O)n(CC(C)(C)CN)c1C. The molecule has 0 saturated carbocycles. The van der Waals surface area contributed by atoms with Crippen LogP contribution >= 0.6 is 11.3 Å². The number of hydrogen-bond acceptors (Lipinski definition) is 3. The molecule has 1 aromatic rings. The third-order valence-corrected chi connectivity index (χ3v) is 3.51.